The Morgan fingerprint density at radius 1 is 1.17 bits per heavy atom. The molecule has 0 spiro atoms. The number of amides is 1. The zero-order valence-corrected chi connectivity index (χ0v) is 17.2. The smallest absolute Gasteiger partial charge is 0.273 e. The molecule has 0 saturated carbocycles. The third kappa shape index (κ3) is 4.01. The van der Waals surface area contributed by atoms with Gasteiger partial charge in [-0.15, -0.1) is 0 Å². The van der Waals surface area contributed by atoms with Crippen LogP contribution in [0.2, 0.25) is 0 Å². The van der Waals surface area contributed by atoms with Crippen molar-refractivity contribution in [2.45, 2.75) is 13.5 Å². The molecule has 4 aromatic rings. The number of aryl methyl sites for hydroxylation is 1. The highest BCUT2D eigenvalue weighted by molar-refractivity contribution is 7.10. The lowest BCUT2D eigenvalue weighted by molar-refractivity contribution is 0.0948. The number of hydrogen-bond acceptors (Lipinski definition) is 8. The van der Waals surface area contributed by atoms with Crippen molar-refractivity contribution in [3.05, 3.63) is 65.4 Å². The topological polar surface area (TPSA) is 116 Å². The van der Waals surface area contributed by atoms with Gasteiger partial charge in [0, 0.05) is 12.1 Å². The predicted octanol–water partition coefficient (Wildman–Crippen LogP) is 3.69. The lowest BCUT2D eigenvalue weighted by Crippen LogP contribution is -2.24. The number of aromatic nitrogens is 3. The van der Waals surface area contributed by atoms with E-state index in [0.717, 1.165) is 34.0 Å². The minimum atomic E-state index is -0.356. The molecule has 0 radical (unpaired) electrons. The molecule has 0 unspecified atom stereocenters. The number of carbonyl (C=O) groups excluding carboxylic acids is 1. The average Bonchev–Trinajstić information content (AvgIpc) is 3.40. The van der Waals surface area contributed by atoms with Crippen molar-refractivity contribution < 1.29 is 14.1 Å². The number of rotatable bonds is 6. The van der Waals surface area contributed by atoms with Crippen LogP contribution in [0.4, 0.5) is 5.69 Å². The molecule has 0 aliphatic rings. The summed E-state index contributed by atoms with van der Waals surface area (Å²) < 4.78 is 14.7. The second-order valence-corrected chi connectivity index (χ2v) is 7.37. The van der Waals surface area contributed by atoms with Gasteiger partial charge in [-0.1, -0.05) is 35.0 Å². The maximum atomic E-state index is 12.5. The minimum absolute atomic E-state index is 0.145. The number of nitrogens with zero attached hydrogens (tertiary/aromatic N) is 3. The Balaban J connectivity index is 1.49. The SMILES string of the molecule is COc1ccc(-c2noc(-c3snc(C(=O)NCc4ccc(C)cc4)c3N)n2)cc1. The standard InChI is InChI=1S/C21H19N5O3S/c1-12-3-5-13(6-4-12)11-23-20(27)17-16(22)18(30-26-17)21-24-19(25-29-21)14-7-9-15(28-2)10-8-14/h3-10H,11,22H2,1-2H3,(H,23,27). The molecule has 1 amide bonds. The summed E-state index contributed by atoms with van der Waals surface area (Å²) in [7, 11) is 1.60. The highest BCUT2D eigenvalue weighted by Gasteiger charge is 2.22. The first-order chi connectivity index (χ1) is 14.5. The molecule has 152 valence electrons. The number of carbonyl (C=O) groups is 1. The zero-order chi connectivity index (χ0) is 21.1. The van der Waals surface area contributed by atoms with Crippen LogP contribution in [0.3, 0.4) is 0 Å². The fraction of sp³-hybridized carbons (Fsp3) is 0.143. The van der Waals surface area contributed by atoms with Gasteiger partial charge < -0.3 is 20.3 Å². The van der Waals surface area contributed by atoms with Gasteiger partial charge in [0.25, 0.3) is 11.8 Å². The third-order valence-corrected chi connectivity index (χ3v) is 5.34. The summed E-state index contributed by atoms with van der Waals surface area (Å²) in [6.45, 7) is 2.39. The number of hydrogen-bond donors (Lipinski definition) is 2. The fourth-order valence-electron chi connectivity index (χ4n) is 2.76. The van der Waals surface area contributed by atoms with Crippen molar-refractivity contribution in [3.8, 4) is 27.9 Å². The Morgan fingerprint density at radius 2 is 1.90 bits per heavy atom. The van der Waals surface area contributed by atoms with Gasteiger partial charge in [0.05, 0.1) is 12.8 Å². The number of methoxy groups -OCH3 is 1. The number of nitrogens with two attached hydrogens (primary N) is 1. The first-order valence-electron chi connectivity index (χ1n) is 9.12. The van der Waals surface area contributed by atoms with Crippen LogP contribution in [0.1, 0.15) is 21.6 Å². The van der Waals surface area contributed by atoms with Gasteiger partial charge in [-0.05, 0) is 48.3 Å². The molecule has 2 heterocycles. The number of ether oxygens (including phenoxy) is 1. The molecule has 0 saturated heterocycles. The van der Waals surface area contributed by atoms with Gasteiger partial charge >= 0.3 is 0 Å². The van der Waals surface area contributed by atoms with Gasteiger partial charge in [0.2, 0.25) is 5.82 Å². The van der Waals surface area contributed by atoms with Gasteiger partial charge in [-0.3, -0.25) is 4.79 Å². The lowest BCUT2D eigenvalue weighted by Gasteiger charge is -2.04. The number of benzene rings is 2. The molecule has 8 nitrogen and oxygen atoms in total. The Morgan fingerprint density at radius 3 is 2.60 bits per heavy atom. The van der Waals surface area contributed by atoms with E-state index >= 15 is 0 Å². The van der Waals surface area contributed by atoms with E-state index in [1.807, 2.05) is 55.5 Å². The van der Waals surface area contributed by atoms with Crippen LogP contribution in [0.15, 0.2) is 53.1 Å². The van der Waals surface area contributed by atoms with Gasteiger partial charge in [-0.25, -0.2) is 0 Å². The van der Waals surface area contributed by atoms with E-state index in [1.54, 1.807) is 7.11 Å². The largest absolute Gasteiger partial charge is 0.497 e. The average molecular weight is 421 g/mol. The summed E-state index contributed by atoms with van der Waals surface area (Å²) in [5, 5.41) is 6.82. The molecule has 0 bridgehead atoms. The number of nitrogen functional groups attached to an aromatic ring is 1. The quantitative estimate of drug-likeness (QED) is 0.488. The van der Waals surface area contributed by atoms with E-state index in [9.17, 15) is 4.79 Å². The van der Waals surface area contributed by atoms with E-state index in [4.69, 9.17) is 15.0 Å². The minimum Gasteiger partial charge on any atom is -0.497 e. The monoisotopic (exact) mass is 421 g/mol. The van der Waals surface area contributed by atoms with Gasteiger partial charge in [-0.2, -0.15) is 9.36 Å². The zero-order valence-electron chi connectivity index (χ0n) is 16.4. The second kappa shape index (κ2) is 8.34. The Hall–Kier alpha value is -3.72. The van der Waals surface area contributed by atoms with Crippen molar-refractivity contribution in [2.75, 3.05) is 12.8 Å². The van der Waals surface area contributed by atoms with Crippen molar-refractivity contribution in [2.24, 2.45) is 0 Å². The highest BCUT2D eigenvalue weighted by atomic mass is 32.1. The summed E-state index contributed by atoms with van der Waals surface area (Å²) in [5.41, 5.74) is 9.43. The third-order valence-electron chi connectivity index (χ3n) is 4.49. The van der Waals surface area contributed by atoms with Crippen LogP contribution in [-0.2, 0) is 6.54 Å². The highest BCUT2D eigenvalue weighted by Crippen LogP contribution is 2.33. The van der Waals surface area contributed by atoms with Crippen molar-refractivity contribution in [1.29, 1.82) is 0 Å². The summed E-state index contributed by atoms with van der Waals surface area (Å²) in [6, 6.07) is 15.2. The van der Waals surface area contributed by atoms with Crippen LogP contribution in [0, 0.1) is 6.92 Å². The lowest BCUT2D eigenvalue weighted by atomic mass is 10.1. The Kier molecular flexibility index (Phi) is 5.44. The molecule has 0 aliphatic carbocycles. The summed E-state index contributed by atoms with van der Waals surface area (Å²) in [4.78, 5) is 17.4. The fourth-order valence-corrected chi connectivity index (χ4v) is 3.48. The first kappa shape index (κ1) is 19.6. The molecule has 30 heavy (non-hydrogen) atoms. The van der Waals surface area contributed by atoms with E-state index in [1.165, 1.54) is 0 Å². The van der Waals surface area contributed by atoms with Gasteiger partial charge in [0.15, 0.2) is 5.69 Å². The first-order valence-corrected chi connectivity index (χ1v) is 9.90. The van der Waals surface area contributed by atoms with Crippen LogP contribution >= 0.6 is 11.5 Å². The number of nitrogens with one attached hydrogen (secondary N) is 1. The molecule has 0 aliphatic heterocycles. The normalized spacial score (nSPS) is 10.7. The van der Waals surface area contributed by atoms with E-state index < -0.39 is 0 Å². The Bertz CT molecular complexity index is 1170. The van der Waals surface area contributed by atoms with Crippen LogP contribution in [0.5, 0.6) is 5.75 Å². The molecule has 2 aromatic heterocycles. The molecular weight excluding hydrogens is 402 g/mol. The van der Waals surface area contributed by atoms with E-state index in [0.29, 0.717) is 17.2 Å². The molecule has 0 atom stereocenters. The van der Waals surface area contributed by atoms with E-state index in [-0.39, 0.29) is 23.2 Å². The van der Waals surface area contributed by atoms with Crippen molar-refractivity contribution >= 4 is 23.1 Å². The molecule has 9 heteroatoms. The second-order valence-electron chi connectivity index (χ2n) is 6.59. The number of anilines is 1. The maximum absolute atomic E-state index is 12.5. The van der Waals surface area contributed by atoms with Gasteiger partial charge in [0.1, 0.15) is 10.6 Å². The Labute approximate surface area is 176 Å². The van der Waals surface area contributed by atoms with E-state index in [2.05, 4.69) is 19.8 Å². The molecule has 2 aromatic carbocycles. The van der Waals surface area contributed by atoms with Crippen LogP contribution in [0.25, 0.3) is 22.2 Å². The van der Waals surface area contributed by atoms with Crippen molar-refractivity contribution in [1.82, 2.24) is 19.8 Å². The molecule has 0 fully saturated rings. The summed E-state index contributed by atoms with van der Waals surface area (Å²) in [5.74, 6) is 1.00. The summed E-state index contributed by atoms with van der Waals surface area (Å²) in [6.07, 6.45) is 0. The van der Waals surface area contributed by atoms with Crippen molar-refractivity contribution in [3.63, 3.8) is 0 Å². The molecule has 3 N–H and O–H groups in total. The van der Waals surface area contributed by atoms with Crippen LogP contribution < -0.4 is 15.8 Å². The molecule has 4 rings (SSSR count). The predicted molar refractivity (Wildman–Crippen MR) is 114 cm³/mol. The van der Waals surface area contributed by atoms with Crippen LogP contribution in [-0.4, -0.2) is 27.5 Å². The molecular formula is C21H19N5O3S. The maximum Gasteiger partial charge on any atom is 0.273 e. The summed E-state index contributed by atoms with van der Waals surface area (Å²) >= 11 is 1.04.